The van der Waals surface area contributed by atoms with Crippen molar-refractivity contribution in [2.24, 2.45) is 0 Å². The maximum absolute atomic E-state index is 13.2. The summed E-state index contributed by atoms with van der Waals surface area (Å²) in [6.45, 7) is 10.8. The number of halogens is 1. The van der Waals surface area contributed by atoms with Crippen LogP contribution in [0, 0.1) is 5.82 Å². The summed E-state index contributed by atoms with van der Waals surface area (Å²) in [5.74, 6) is -0.199. The molecule has 0 saturated heterocycles. The first kappa shape index (κ1) is 21.9. The van der Waals surface area contributed by atoms with Gasteiger partial charge in [0.05, 0.1) is 0 Å². The molecule has 0 amide bonds. The van der Waals surface area contributed by atoms with Crippen LogP contribution in [0.4, 0.5) is 4.39 Å². The van der Waals surface area contributed by atoms with Crippen LogP contribution in [0.5, 0.6) is 0 Å². The van der Waals surface area contributed by atoms with E-state index in [4.69, 9.17) is 0 Å². The van der Waals surface area contributed by atoms with E-state index in [0.29, 0.717) is 0 Å². The molecule has 0 N–H and O–H groups in total. The molecule has 1 aromatic heterocycles. The summed E-state index contributed by atoms with van der Waals surface area (Å²) in [7, 11) is 0. The van der Waals surface area contributed by atoms with E-state index in [9.17, 15) is 4.39 Å². The Morgan fingerprint density at radius 1 is 0.864 bits per heavy atom. The zero-order valence-corrected chi connectivity index (χ0v) is 18.3. The summed E-state index contributed by atoms with van der Waals surface area (Å²) in [5.41, 5.74) is 0. The number of rotatable bonds is 10. The summed E-state index contributed by atoms with van der Waals surface area (Å²) in [6, 6.07) is 3.63. The van der Waals surface area contributed by atoms with Crippen LogP contribution in [0.15, 0.2) is 18.3 Å². The fraction of sp³-hybridized carbons (Fsp3) is 0.737. The van der Waals surface area contributed by atoms with Gasteiger partial charge in [-0.2, -0.15) is 0 Å². The van der Waals surface area contributed by atoms with Crippen LogP contribution < -0.4 is 3.71 Å². The van der Waals surface area contributed by atoms with Crippen molar-refractivity contribution in [3.05, 3.63) is 24.1 Å². The van der Waals surface area contributed by atoms with Crippen LogP contribution in [0.2, 0.25) is 13.3 Å². The Hall–Kier alpha value is -0.121. The first-order chi connectivity index (χ1) is 10.7. The third kappa shape index (κ3) is 7.43. The Kier molecular flexibility index (Phi) is 13.3. The van der Waals surface area contributed by atoms with E-state index in [1.165, 1.54) is 61.7 Å². The van der Waals surface area contributed by atoms with E-state index < -0.39 is 18.4 Å². The van der Waals surface area contributed by atoms with E-state index in [1.54, 1.807) is 6.07 Å². The molecule has 0 aromatic carbocycles. The van der Waals surface area contributed by atoms with Gasteiger partial charge in [0.25, 0.3) is 0 Å². The number of aromatic nitrogens is 1. The molecule has 1 aromatic rings. The fourth-order valence-electron chi connectivity index (χ4n) is 2.99. The molecule has 0 spiro atoms. The molecule has 22 heavy (non-hydrogen) atoms. The van der Waals surface area contributed by atoms with E-state index in [-0.39, 0.29) is 5.82 Å². The molecule has 1 nitrogen and oxygen atoms in total. The summed E-state index contributed by atoms with van der Waals surface area (Å²) >= 11 is -2.40. The second kappa shape index (κ2) is 13.3. The predicted octanol–water partition coefficient (Wildman–Crippen LogP) is 6.30. The van der Waals surface area contributed by atoms with Crippen molar-refractivity contribution in [1.29, 1.82) is 0 Å². The van der Waals surface area contributed by atoms with Crippen molar-refractivity contribution < 1.29 is 4.39 Å². The summed E-state index contributed by atoms with van der Waals surface area (Å²) < 4.78 is 18.7. The number of nitrogens with zero attached hydrogens (tertiary/aromatic N) is 1. The van der Waals surface area contributed by atoms with Gasteiger partial charge in [-0.25, -0.2) is 0 Å². The van der Waals surface area contributed by atoms with Gasteiger partial charge >= 0.3 is 128 Å². The van der Waals surface area contributed by atoms with E-state index in [2.05, 4.69) is 25.8 Å². The van der Waals surface area contributed by atoms with Gasteiger partial charge in [0.2, 0.25) is 0 Å². The van der Waals surface area contributed by atoms with Gasteiger partial charge in [0.1, 0.15) is 0 Å². The van der Waals surface area contributed by atoms with Crippen molar-refractivity contribution in [3.63, 3.8) is 0 Å². The molecule has 0 fully saturated rings. The second-order valence-corrected chi connectivity index (χ2v) is 19.0. The minimum atomic E-state index is -2.40. The van der Waals surface area contributed by atoms with E-state index in [0.717, 1.165) is 0 Å². The molecule has 0 atom stereocenters. The molecule has 0 unspecified atom stereocenters. The Morgan fingerprint density at radius 3 is 1.64 bits per heavy atom. The molecule has 0 radical (unpaired) electrons. The predicted molar refractivity (Wildman–Crippen MR) is 100 cm³/mol. The van der Waals surface area contributed by atoms with E-state index in [1.807, 2.05) is 19.9 Å². The first-order valence-corrected chi connectivity index (χ1v) is 16.8. The molecule has 0 aliphatic rings. The van der Waals surface area contributed by atoms with Gasteiger partial charge in [0, 0.05) is 0 Å². The number of pyridine rings is 1. The minimum absolute atomic E-state index is 0.199. The number of hydrogen-bond donors (Lipinski definition) is 0. The molecule has 0 saturated carbocycles. The molecule has 0 aliphatic carbocycles. The molecule has 0 aliphatic heterocycles. The van der Waals surface area contributed by atoms with Gasteiger partial charge in [-0.15, -0.1) is 0 Å². The van der Waals surface area contributed by atoms with Gasteiger partial charge in [0.15, 0.2) is 0 Å². The van der Waals surface area contributed by atoms with Gasteiger partial charge in [-0.1, -0.05) is 13.8 Å². The van der Waals surface area contributed by atoms with Gasteiger partial charge in [-0.3, -0.25) is 0 Å². The van der Waals surface area contributed by atoms with Crippen molar-refractivity contribution >= 4 is 22.1 Å². The first-order valence-electron chi connectivity index (χ1n) is 9.30. The Morgan fingerprint density at radius 2 is 1.32 bits per heavy atom. The van der Waals surface area contributed by atoms with E-state index >= 15 is 0 Å². The van der Waals surface area contributed by atoms with Gasteiger partial charge in [-0.05, 0) is 0 Å². The summed E-state index contributed by atoms with van der Waals surface area (Å²) in [5, 5.41) is 0. The summed E-state index contributed by atoms with van der Waals surface area (Å²) in [4.78, 5) is 4.53. The average molecular weight is 416 g/mol. The van der Waals surface area contributed by atoms with Crippen molar-refractivity contribution in [3.8, 4) is 0 Å². The zero-order valence-electron chi connectivity index (χ0n) is 15.4. The molecule has 1 rings (SSSR count). The van der Waals surface area contributed by atoms with Crippen molar-refractivity contribution in [1.82, 2.24) is 4.98 Å². The molecule has 128 valence electrons. The number of hydrogen-bond acceptors (Lipinski definition) is 1. The normalized spacial score (nSPS) is 11.0. The Labute approximate surface area is 142 Å². The molecule has 0 bridgehead atoms. The molecule has 3 heteroatoms. The standard InChI is InChI=1S/C5H3FN.3C4H9.C2H6.Sn/c6-5-2-1-3-7-4-5;3*1-3-4-2;1-2;/h1-2,4H;3*1,3-4H2,2H3;1-2H3;. The second-order valence-electron chi connectivity index (χ2n) is 5.95. The van der Waals surface area contributed by atoms with Gasteiger partial charge < -0.3 is 0 Å². The third-order valence-corrected chi connectivity index (χ3v) is 19.5. The van der Waals surface area contributed by atoms with Crippen molar-refractivity contribution in [2.45, 2.75) is 86.5 Å². The fourth-order valence-corrected chi connectivity index (χ4v) is 18.4. The quantitative estimate of drug-likeness (QED) is 0.408. The molecular formula is C19H36FNSn. The molecule has 1 heterocycles. The van der Waals surface area contributed by atoms with Crippen LogP contribution in [0.25, 0.3) is 0 Å². The van der Waals surface area contributed by atoms with Crippen molar-refractivity contribution in [2.75, 3.05) is 0 Å². The summed E-state index contributed by atoms with van der Waals surface area (Å²) in [6.07, 6.45) is 9.19. The van der Waals surface area contributed by atoms with Crippen LogP contribution in [-0.2, 0) is 0 Å². The van der Waals surface area contributed by atoms with Crippen LogP contribution in [-0.4, -0.2) is 23.4 Å². The number of unbranched alkanes of at least 4 members (excludes halogenated alkanes) is 3. The SMILES string of the molecule is CC.CCC[CH2][Sn]([CH2]CCC)([CH2]CCC)[c]1ccc(F)cn1. The Balaban J connectivity index is 0.00000211. The van der Waals surface area contributed by atoms with Crippen LogP contribution in [0.1, 0.15) is 73.1 Å². The van der Waals surface area contributed by atoms with Crippen LogP contribution in [0.3, 0.4) is 0 Å². The topological polar surface area (TPSA) is 12.9 Å². The molecular weight excluding hydrogens is 380 g/mol. The Bertz CT molecular complexity index is 342. The van der Waals surface area contributed by atoms with Crippen LogP contribution >= 0.6 is 0 Å². The maximum atomic E-state index is 13.2. The monoisotopic (exact) mass is 417 g/mol. The zero-order chi connectivity index (χ0) is 16.8. The third-order valence-electron chi connectivity index (χ3n) is 4.30. The average Bonchev–Trinajstić information content (AvgIpc) is 2.57.